The second-order valence-corrected chi connectivity index (χ2v) is 4.32. The molecule has 0 aliphatic carbocycles. The van der Waals surface area contributed by atoms with E-state index in [-0.39, 0.29) is 6.61 Å². The van der Waals surface area contributed by atoms with Gasteiger partial charge in [0.05, 0.1) is 18.9 Å². The number of alkyl carbamates (subject to hydrolysis) is 1. The highest BCUT2D eigenvalue weighted by molar-refractivity contribution is 5.97. The highest BCUT2D eigenvalue weighted by Crippen LogP contribution is 2.36. The minimum atomic E-state index is -0.892. The number of carbonyl (C=O) groups is 3. The predicted octanol–water partition coefficient (Wildman–Crippen LogP) is 0.147. The Labute approximate surface area is 115 Å². The van der Waals surface area contributed by atoms with E-state index in [4.69, 9.17) is 10.5 Å². The normalized spacial score (nSPS) is 20.2. The Hall–Kier alpha value is -2.57. The van der Waals surface area contributed by atoms with Crippen LogP contribution in [0.3, 0.4) is 0 Å². The molecule has 0 saturated heterocycles. The number of primary amides is 1. The molecule has 0 fully saturated rings. The Morgan fingerprint density at radius 3 is 2.70 bits per heavy atom. The van der Waals surface area contributed by atoms with Crippen LogP contribution in [0.15, 0.2) is 24.3 Å². The number of rotatable bonds is 2. The molecular formula is C13H14N2O5. The standard InChI is InChI=1S/C13H14N2O5/c1-19-13(18)15-12(17)8-6-20-9-5-3-2-4-7(9)10(8)11(14)16/h2-5,8,10H,6H2,1H3,(H2,14,16)(H,15,17,18)/t8-,10+/m0/s1. The van der Waals surface area contributed by atoms with Gasteiger partial charge in [-0.25, -0.2) is 4.79 Å². The molecule has 3 N–H and O–H groups in total. The number of carbonyl (C=O) groups excluding carboxylic acids is 3. The first kappa shape index (κ1) is 13.9. The van der Waals surface area contributed by atoms with E-state index in [1.54, 1.807) is 24.3 Å². The van der Waals surface area contributed by atoms with E-state index < -0.39 is 29.7 Å². The van der Waals surface area contributed by atoms with Gasteiger partial charge in [-0.15, -0.1) is 0 Å². The van der Waals surface area contributed by atoms with Gasteiger partial charge in [-0.05, 0) is 6.07 Å². The van der Waals surface area contributed by atoms with Crippen LogP contribution in [0.5, 0.6) is 5.75 Å². The lowest BCUT2D eigenvalue weighted by atomic mass is 9.83. The van der Waals surface area contributed by atoms with Crippen LogP contribution in [-0.4, -0.2) is 31.6 Å². The Morgan fingerprint density at radius 1 is 1.35 bits per heavy atom. The third-order valence-electron chi connectivity index (χ3n) is 3.13. The molecular weight excluding hydrogens is 264 g/mol. The lowest BCUT2D eigenvalue weighted by Gasteiger charge is -2.30. The number of fused-ring (bicyclic) bond motifs is 1. The molecule has 1 aliphatic rings. The van der Waals surface area contributed by atoms with Gasteiger partial charge in [0, 0.05) is 5.56 Å². The lowest BCUT2D eigenvalue weighted by Crippen LogP contribution is -2.45. The summed E-state index contributed by atoms with van der Waals surface area (Å²) in [5, 5.41) is 2.03. The number of benzene rings is 1. The van der Waals surface area contributed by atoms with Gasteiger partial charge in [0.15, 0.2) is 0 Å². The van der Waals surface area contributed by atoms with Crippen molar-refractivity contribution < 1.29 is 23.9 Å². The van der Waals surface area contributed by atoms with E-state index in [0.29, 0.717) is 11.3 Å². The first-order valence-corrected chi connectivity index (χ1v) is 5.94. The maximum absolute atomic E-state index is 12.0. The number of nitrogens with two attached hydrogens (primary N) is 1. The number of amides is 3. The van der Waals surface area contributed by atoms with E-state index in [9.17, 15) is 14.4 Å². The van der Waals surface area contributed by atoms with Crippen molar-refractivity contribution in [2.45, 2.75) is 5.92 Å². The molecule has 106 valence electrons. The van der Waals surface area contributed by atoms with Crippen molar-refractivity contribution in [2.24, 2.45) is 11.7 Å². The SMILES string of the molecule is COC(=O)NC(=O)[C@H]1COc2ccccc2[C@H]1C(N)=O. The van der Waals surface area contributed by atoms with Gasteiger partial charge in [-0.2, -0.15) is 0 Å². The largest absolute Gasteiger partial charge is 0.492 e. The highest BCUT2D eigenvalue weighted by atomic mass is 16.5. The fourth-order valence-corrected chi connectivity index (χ4v) is 2.18. The minimum absolute atomic E-state index is 0.0343. The van der Waals surface area contributed by atoms with Gasteiger partial charge in [-0.3, -0.25) is 14.9 Å². The van der Waals surface area contributed by atoms with Crippen molar-refractivity contribution >= 4 is 17.9 Å². The molecule has 2 atom stereocenters. The summed E-state index contributed by atoms with van der Waals surface area (Å²) in [5.41, 5.74) is 5.92. The summed E-state index contributed by atoms with van der Waals surface area (Å²) in [5.74, 6) is -2.51. The molecule has 1 aromatic rings. The number of para-hydroxylation sites is 1. The molecule has 0 unspecified atom stereocenters. The fourth-order valence-electron chi connectivity index (χ4n) is 2.18. The summed E-state index contributed by atoms with van der Waals surface area (Å²) in [4.78, 5) is 34.7. The van der Waals surface area contributed by atoms with Crippen LogP contribution in [0.1, 0.15) is 11.5 Å². The average Bonchev–Trinajstić information content (AvgIpc) is 2.45. The van der Waals surface area contributed by atoms with Crippen molar-refractivity contribution in [2.75, 3.05) is 13.7 Å². The maximum atomic E-state index is 12.0. The second-order valence-electron chi connectivity index (χ2n) is 4.32. The molecule has 2 rings (SSSR count). The summed E-state index contributed by atoms with van der Waals surface area (Å²) in [6.07, 6.45) is -0.892. The second kappa shape index (κ2) is 5.60. The predicted molar refractivity (Wildman–Crippen MR) is 67.9 cm³/mol. The summed E-state index contributed by atoms with van der Waals surface area (Å²) in [7, 11) is 1.14. The molecule has 3 amide bonds. The number of ether oxygens (including phenoxy) is 2. The molecule has 20 heavy (non-hydrogen) atoms. The Kier molecular flexibility index (Phi) is 3.88. The van der Waals surface area contributed by atoms with E-state index in [1.165, 1.54) is 0 Å². The lowest BCUT2D eigenvalue weighted by molar-refractivity contribution is -0.132. The first-order chi connectivity index (χ1) is 9.54. The molecule has 0 saturated carbocycles. The molecule has 1 aromatic carbocycles. The zero-order valence-electron chi connectivity index (χ0n) is 10.8. The highest BCUT2D eigenvalue weighted by Gasteiger charge is 2.39. The van der Waals surface area contributed by atoms with Crippen molar-refractivity contribution in [3.63, 3.8) is 0 Å². The van der Waals surface area contributed by atoms with Crippen LogP contribution in [0.2, 0.25) is 0 Å². The van der Waals surface area contributed by atoms with E-state index >= 15 is 0 Å². The monoisotopic (exact) mass is 278 g/mol. The summed E-state index contributed by atoms with van der Waals surface area (Å²) in [6, 6.07) is 6.84. The van der Waals surface area contributed by atoms with E-state index in [0.717, 1.165) is 7.11 Å². The zero-order chi connectivity index (χ0) is 14.7. The minimum Gasteiger partial charge on any atom is -0.492 e. The summed E-state index contributed by atoms with van der Waals surface area (Å²) >= 11 is 0. The van der Waals surface area contributed by atoms with Crippen LogP contribution in [0, 0.1) is 5.92 Å². The maximum Gasteiger partial charge on any atom is 0.413 e. The van der Waals surface area contributed by atoms with Gasteiger partial charge >= 0.3 is 6.09 Å². The third-order valence-corrected chi connectivity index (χ3v) is 3.13. The van der Waals surface area contributed by atoms with Crippen LogP contribution in [0.25, 0.3) is 0 Å². The van der Waals surface area contributed by atoms with Crippen molar-refractivity contribution in [3.05, 3.63) is 29.8 Å². The van der Waals surface area contributed by atoms with E-state index in [1.807, 2.05) is 5.32 Å². The van der Waals surface area contributed by atoms with Gasteiger partial charge < -0.3 is 15.2 Å². The Bertz CT molecular complexity index is 557. The number of hydrogen-bond acceptors (Lipinski definition) is 5. The molecule has 0 radical (unpaired) electrons. The molecule has 0 spiro atoms. The van der Waals surface area contributed by atoms with Crippen LogP contribution in [-0.2, 0) is 14.3 Å². The smallest absolute Gasteiger partial charge is 0.413 e. The Balaban J connectivity index is 2.29. The zero-order valence-corrected chi connectivity index (χ0v) is 10.8. The topological polar surface area (TPSA) is 108 Å². The van der Waals surface area contributed by atoms with Gasteiger partial charge in [0.2, 0.25) is 11.8 Å². The van der Waals surface area contributed by atoms with Crippen molar-refractivity contribution in [1.82, 2.24) is 5.32 Å². The molecule has 1 heterocycles. The van der Waals surface area contributed by atoms with Gasteiger partial charge in [0.1, 0.15) is 12.4 Å². The van der Waals surface area contributed by atoms with Crippen LogP contribution < -0.4 is 15.8 Å². The van der Waals surface area contributed by atoms with Crippen LogP contribution >= 0.6 is 0 Å². The number of imide groups is 1. The number of nitrogens with one attached hydrogen (secondary N) is 1. The number of methoxy groups -OCH3 is 1. The molecule has 7 heteroatoms. The quantitative estimate of drug-likeness (QED) is 0.800. The summed E-state index contributed by atoms with van der Waals surface area (Å²) < 4.78 is 9.78. The fraction of sp³-hybridized carbons (Fsp3) is 0.308. The average molecular weight is 278 g/mol. The molecule has 7 nitrogen and oxygen atoms in total. The molecule has 0 aromatic heterocycles. The third kappa shape index (κ3) is 2.56. The van der Waals surface area contributed by atoms with Gasteiger partial charge in [-0.1, -0.05) is 18.2 Å². The Morgan fingerprint density at radius 2 is 2.05 bits per heavy atom. The van der Waals surface area contributed by atoms with Crippen LogP contribution in [0.4, 0.5) is 4.79 Å². The summed E-state index contributed by atoms with van der Waals surface area (Å²) in [6.45, 7) is -0.0343. The molecule has 1 aliphatic heterocycles. The first-order valence-electron chi connectivity index (χ1n) is 5.94. The van der Waals surface area contributed by atoms with E-state index in [2.05, 4.69) is 4.74 Å². The molecule has 0 bridgehead atoms. The van der Waals surface area contributed by atoms with Gasteiger partial charge in [0.25, 0.3) is 0 Å². The van der Waals surface area contributed by atoms with Crippen molar-refractivity contribution in [3.8, 4) is 5.75 Å². The number of hydrogen-bond donors (Lipinski definition) is 2. The van der Waals surface area contributed by atoms with Crippen molar-refractivity contribution in [1.29, 1.82) is 0 Å².